The number of nitro groups is 1. The third kappa shape index (κ3) is 3.39. The Bertz CT molecular complexity index is 525. The van der Waals surface area contributed by atoms with Crippen molar-refractivity contribution in [3.63, 3.8) is 0 Å². The molecule has 0 aliphatic carbocycles. The second-order valence-corrected chi connectivity index (χ2v) is 5.40. The number of nitro benzene ring substituents is 1. The van der Waals surface area contributed by atoms with Crippen LogP contribution in [-0.2, 0) is 0 Å². The van der Waals surface area contributed by atoms with E-state index in [1.165, 1.54) is 12.1 Å². The van der Waals surface area contributed by atoms with E-state index in [9.17, 15) is 14.9 Å². The number of piperazine rings is 1. The lowest BCUT2D eigenvalue weighted by Gasteiger charge is -2.39. The monoisotopic (exact) mass is 291 g/mol. The molecular weight excluding hydrogens is 270 g/mol. The number of carbonyl (C=O) groups is 1. The molecule has 0 amide bonds. The number of hydrogen-bond donors (Lipinski definition) is 0. The standard InChI is InChI=1S/C15H21N3O3/c1-3-12(2)16-6-8-17(9-7-16)15-5-4-14(18(20)21)10-13(15)11-19/h4-5,10-12H,3,6-9H2,1-2H3. The van der Waals surface area contributed by atoms with E-state index < -0.39 is 4.92 Å². The van der Waals surface area contributed by atoms with Crippen LogP contribution >= 0.6 is 0 Å². The zero-order valence-corrected chi connectivity index (χ0v) is 12.5. The Morgan fingerprint density at radius 2 is 2.00 bits per heavy atom. The van der Waals surface area contributed by atoms with Gasteiger partial charge in [-0.1, -0.05) is 6.92 Å². The van der Waals surface area contributed by atoms with Crippen LogP contribution < -0.4 is 4.90 Å². The molecule has 1 aromatic carbocycles. The summed E-state index contributed by atoms with van der Waals surface area (Å²) in [5.74, 6) is 0. The zero-order chi connectivity index (χ0) is 15.4. The first-order valence-corrected chi connectivity index (χ1v) is 7.29. The molecule has 1 atom stereocenters. The number of benzene rings is 1. The zero-order valence-electron chi connectivity index (χ0n) is 12.5. The van der Waals surface area contributed by atoms with E-state index in [0.29, 0.717) is 17.9 Å². The summed E-state index contributed by atoms with van der Waals surface area (Å²) in [4.78, 5) is 26.1. The summed E-state index contributed by atoms with van der Waals surface area (Å²) >= 11 is 0. The van der Waals surface area contributed by atoms with E-state index in [-0.39, 0.29) is 5.69 Å². The maximum absolute atomic E-state index is 11.2. The van der Waals surface area contributed by atoms with Gasteiger partial charge in [0.25, 0.3) is 5.69 Å². The molecule has 0 aromatic heterocycles. The van der Waals surface area contributed by atoms with Crippen LogP contribution in [-0.4, -0.2) is 48.3 Å². The maximum atomic E-state index is 11.2. The van der Waals surface area contributed by atoms with Crippen LogP contribution in [0.1, 0.15) is 30.6 Å². The summed E-state index contributed by atoms with van der Waals surface area (Å²) in [6.45, 7) is 7.97. The Kier molecular flexibility index (Phi) is 4.90. The second-order valence-electron chi connectivity index (χ2n) is 5.40. The van der Waals surface area contributed by atoms with Gasteiger partial charge >= 0.3 is 0 Å². The number of aldehydes is 1. The molecule has 1 unspecified atom stereocenters. The van der Waals surface area contributed by atoms with Crippen molar-refractivity contribution in [3.05, 3.63) is 33.9 Å². The normalized spacial score (nSPS) is 17.5. The van der Waals surface area contributed by atoms with Gasteiger partial charge in [0.05, 0.1) is 4.92 Å². The minimum atomic E-state index is -0.475. The highest BCUT2D eigenvalue weighted by atomic mass is 16.6. The molecule has 1 heterocycles. The minimum absolute atomic E-state index is 0.0425. The smallest absolute Gasteiger partial charge is 0.270 e. The molecule has 0 N–H and O–H groups in total. The lowest BCUT2D eigenvalue weighted by atomic mass is 10.1. The first kappa shape index (κ1) is 15.4. The highest BCUT2D eigenvalue weighted by molar-refractivity contribution is 5.86. The Balaban J connectivity index is 2.13. The molecule has 6 heteroatoms. The molecule has 1 fully saturated rings. The number of rotatable bonds is 5. The predicted octanol–water partition coefficient (Wildman–Crippen LogP) is 2.33. The first-order valence-electron chi connectivity index (χ1n) is 7.29. The number of non-ortho nitro benzene ring substituents is 1. The molecule has 1 aliphatic heterocycles. The lowest BCUT2D eigenvalue weighted by molar-refractivity contribution is -0.384. The summed E-state index contributed by atoms with van der Waals surface area (Å²) in [6.07, 6.45) is 1.82. The highest BCUT2D eigenvalue weighted by Gasteiger charge is 2.22. The van der Waals surface area contributed by atoms with Crippen LogP contribution in [0.5, 0.6) is 0 Å². The van der Waals surface area contributed by atoms with Gasteiger partial charge in [0, 0.05) is 55.6 Å². The Labute approximate surface area is 124 Å². The van der Waals surface area contributed by atoms with Crippen molar-refractivity contribution in [2.24, 2.45) is 0 Å². The topological polar surface area (TPSA) is 66.7 Å². The van der Waals surface area contributed by atoms with Crippen LogP contribution in [0.15, 0.2) is 18.2 Å². The first-order chi connectivity index (χ1) is 10.1. The van der Waals surface area contributed by atoms with Crippen LogP contribution in [0.25, 0.3) is 0 Å². The molecule has 1 aromatic rings. The van der Waals surface area contributed by atoms with Gasteiger partial charge in [0.15, 0.2) is 6.29 Å². The van der Waals surface area contributed by atoms with Gasteiger partial charge in [-0.15, -0.1) is 0 Å². The number of anilines is 1. The van der Waals surface area contributed by atoms with Gasteiger partial charge < -0.3 is 4.90 Å². The van der Waals surface area contributed by atoms with Crippen molar-refractivity contribution in [1.82, 2.24) is 4.90 Å². The van der Waals surface area contributed by atoms with E-state index in [0.717, 1.165) is 38.3 Å². The van der Waals surface area contributed by atoms with Gasteiger partial charge in [-0.2, -0.15) is 0 Å². The largest absolute Gasteiger partial charge is 0.368 e. The number of carbonyl (C=O) groups excluding carboxylic acids is 1. The maximum Gasteiger partial charge on any atom is 0.270 e. The molecule has 21 heavy (non-hydrogen) atoms. The van der Waals surface area contributed by atoms with E-state index in [4.69, 9.17) is 0 Å². The van der Waals surface area contributed by atoms with Crippen LogP contribution in [0.2, 0.25) is 0 Å². The van der Waals surface area contributed by atoms with E-state index in [1.54, 1.807) is 6.07 Å². The third-order valence-electron chi connectivity index (χ3n) is 4.22. The van der Waals surface area contributed by atoms with Crippen LogP contribution in [0, 0.1) is 10.1 Å². The van der Waals surface area contributed by atoms with E-state index in [1.807, 2.05) is 0 Å². The van der Waals surface area contributed by atoms with Crippen molar-refractivity contribution in [3.8, 4) is 0 Å². The van der Waals surface area contributed by atoms with Crippen molar-refractivity contribution >= 4 is 17.7 Å². The molecule has 1 saturated heterocycles. The van der Waals surface area contributed by atoms with Gasteiger partial charge in [-0.3, -0.25) is 19.8 Å². The third-order valence-corrected chi connectivity index (χ3v) is 4.22. The molecule has 0 radical (unpaired) electrons. The number of nitrogens with zero attached hydrogens (tertiary/aromatic N) is 3. The van der Waals surface area contributed by atoms with E-state index in [2.05, 4.69) is 23.6 Å². The van der Waals surface area contributed by atoms with Gasteiger partial charge in [-0.05, 0) is 19.4 Å². The Morgan fingerprint density at radius 3 is 2.52 bits per heavy atom. The summed E-state index contributed by atoms with van der Waals surface area (Å²) in [5.41, 5.74) is 1.14. The van der Waals surface area contributed by atoms with Crippen molar-refractivity contribution in [1.29, 1.82) is 0 Å². The highest BCUT2D eigenvalue weighted by Crippen LogP contribution is 2.25. The van der Waals surface area contributed by atoms with Gasteiger partial charge in [0.2, 0.25) is 0 Å². The summed E-state index contributed by atoms with van der Waals surface area (Å²) in [6, 6.07) is 5.06. The van der Waals surface area contributed by atoms with Gasteiger partial charge in [-0.25, -0.2) is 0 Å². The Morgan fingerprint density at radius 1 is 1.33 bits per heavy atom. The number of hydrogen-bond acceptors (Lipinski definition) is 5. The van der Waals surface area contributed by atoms with Gasteiger partial charge in [0.1, 0.15) is 0 Å². The molecule has 0 bridgehead atoms. The molecule has 0 saturated carbocycles. The molecular formula is C15H21N3O3. The predicted molar refractivity (Wildman–Crippen MR) is 82.0 cm³/mol. The fourth-order valence-electron chi connectivity index (χ4n) is 2.70. The SMILES string of the molecule is CCC(C)N1CCN(c2ccc([N+](=O)[O-])cc2C=O)CC1. The fraction of sp³-hybridized carbons (Fsp3) is 0.533. The van der Waals surface area contributed by atoms with Crippen LogP contribution in [0.3, 0.4) is 0 Å². The molecule has 6 nitrogen and oxygen atoms in total. The van der Waals surface area contributed by atoms with Crippen molar-refractivity contribution in [2.45, 2.75) is 26.3 Å². The average Bonchev–Trinajstić information content (AvgIpc) is 2.53. The fourth-order valence-corrected chi connectivity index (χ4v) is 2.70. The van der Waals surface area contributed by atoms with E-state index >= 15 is 0 Å². The van der Waals surface area contributed by atoms with Crippen molar-refractivity contribution < 1.29 is 9.72 Å². The second kappa shape index (κ2) is 6.67. The van der Waals surface area contributed by atoms with Crippen molar-refractivity contribution in [2.75, 3.05) is 31.1 Å². The molecule has 0 spiro atoms. The molecule has 1 aliphatic rings. The lowest BCUT2D eigenvalue weighted by Crippen LogP contribution is -2.49. The average molecular weight is 291 g/mol. The minimum Gasteiger partial charge on any atom is -0.368 e. The summed E-state index contributed by atoms with van der Waals surface area (Å²) < 4.78 is 0. The molecule has 114 valence electrons. The van der Waals surface area contributed by atoms with Crippen LogP contribution in [0.4, 0.5) is 11.4 Å². The summed E-state index contributed by atoms with van der Waals surface area (Å²) in [7, 11) is 0. The summed E-state index contributed by atoms with van der Waals surface area (Å²) in [5, 5.41) is 10.8. The molecule has 2 rings (SSSR count). The quantitative estimate of drug-likeness (QED) is 0.473. The Hall–Kier alpha value is -1.95.